The number of aliphatic hydroxyl groups excluding tert-OH is 1. The molecular weight excluding hydrogens is 470 g/mol. The summed E-state index contributed by atoms with van der Waals surface area (Å²) in [4.78, 5) is 25.0. The number of carboxylic acids is 1. The van der Waals surface area contributed by atoms with Crippen molar-refractivity contribution in [1.82, 2.24) is 4.31 Å². The van der Waals surface area contributed by atoms with E-state index in [-0.39, 0.29) is 24.1 Å². The molecule has 2 rings (SSSR count). The van der Waals surface area contributed by atoms with Crippen molar-refractivity contribution in [1.29, 1.82) is 0 Å². The number of carbonyl (C=O) groups excluding carboxylic acids is 1. The van der Waals surface area contributed by atoms with Crippen molar-refractivity contribution in [2.45, 2.75) is 64.5 Å². The molecule has 2 atom stereocenters. The number of anilines is 2. The van der Waals surface area contributed by atoms with Crippen molar-refractivity contribution in [3.63, 3.8) is 0 Å². The maximum atomic E-state index is 13.4. The van der Waals surface area contributed by atoms with Crippen LogP contribution in [0.3, 0.4) is 0 Å². The lowest BCUT2D eigenvalue weighted by Crippen LogP contribution is -2.52. The first-order chi connectivity index (χ1) is 15.5. The predicted molar refractivity (Wildman–Crippen MR) is 129 cm³/mol. The number of rotatable bonds is 11. The number of nitrogens with two attached hydrogens (primary N) is 1. The topological polar surface area (TPSA) is 174 Å². The fraction of sp³-hybridized carbons (Fsp3) is 0.650. The molecule has 6 N–H and O–H groups in total. The van der Waals surface area contributed by atoms with E-state index in [4.69, 9.17) is 5.73 Å². The summed E-state index contributed by atoms with van der Waals surface area (Å²) >= 11 is 1.17. The highest BCUT2D eigenvalue weighted by atomic mass is 32.2. The number of hydrazone groups is 1. The Balaban J connectivity index is 2.37. The van der Waals surface area contributed by atoms with Crippen LogP contribution in [0.1, 0.15) is 61.9 Å². The highest BCUT2D eigenvalue weighted by Crippen LogP contribution is 2.39. The van der Waals surface area contributed by atoms with Gasteiger partial charge in [-0.1, -0.05) is 24.2 Å². The number of hydrogen-bond donors (Lipinski definition) is 6. The number of carboxylic acid groups (broad SMARTS) is 1. The Kier molecular flexibility index (Phi) is 9.64. The number of thiophene rings is 1. The van der Waals surface area contributed by atoms with Gasteiger partial charge in [0.1, 0.15) is 15.5 Å². The van der Waals surface area contributed by atoms with Gasteiger partial charge in [-0.3, -0.25) is 10.2 Å². The van der Waals surface area contributed by atoms with E-state index < -0.39 is 28.3 Å². The van der Waals surface area contributed by atoms with Gasteiger partial charge in [-0.2, -0.15) is 5.10 Å². The Hall–Kier alpha value is -2.22. The molecule has 1 saturated carbocycles. The van der Waals surface area contributed by atoms with Crippen molar-refractivity contribution in [3.8, 4) is 0 Å². The van der Waals surface area contributed by atoms with E-state index >= 15 is 0 Å². The number of hydrogen-bond acceptors (Lipinski definition) is 10. The minimum Gasteiger partial charge on any atom is -0.479 e. The minimum absolute atomic E-state index is 0.0585. The largest absolute Gasteiger partial charge is 0.479 e. The highest BCUT2D eigenvalue weighted by Gasteiger charge is 2.42. The van der Waals surface area contributed by atoms with Crippen molar-refractivity contribution < 1.29 is 28.2 Å². The lowest BCUT2D eigenvalue weighted by molar-refractivity contribution is -0.145. The fourth-order valence-corrected chi connectivity index (χ4v) is 5.60. The van der Waals surface area contributed by atoms with Gasteiger partial charge in [-0.25, -0.2) is 17.5 Å². The zero-order valence-electron chi connectivity index (χ0n) is 19.0. The predicted octanol–water partition coefficient (Wildman–Crippen LogP) is 1.60. The third-order valence-corrected chi connectivity index (χ3v) is 7.96. The fourth-order valence-electron chi connectivity index (χ4n) is 3.78. The SMILES string of the molecule is Cc1c(N/N=C\CN)sc(NCCC2CCCCC2O)c1C(=O)N([SH](=O)=O)C(C)(C)C(=O)O. The monoisotopic (exact) mass is 503 g/mol. The standard InChI is InChI=1S/C20H33N5O6S2/c1-12-15(18(27)25(33(30)31)20(2,3)19(28)29)17(32-16(12)24-23-11-9-21)22-10-8-13-6-4-5-7-14(13)26/h11,13-14,22,24,26,33H,4-10,21H2,1-3H3,(H,28,29)/b23-11-. The summed E-state index contributed by atoms with van der Waals surface area (Å²) in [5.74, 6) is -2.24. The molecular formula is C20H33N5O6S2. The smallest absolute Gasteiger partial charge is 0.330 e. The minimum atomic E-state index is -3.53. The highest BCUT2D eigenvalue weighted by molar-refractivity contribution is 7.70. The van der Waals surface area contributed by atoms with Gasteiger partial charge in [0.25, 0.3) is 5.91 Å². The molecule has 0 bridgehead atoms. The first-order valence-corrected chi connectivity index (χ1v) is 12.7. The molecule has 0 aromatic carbocycles. The molecule has 11 nitrogen and oxygen atoms in total. The van der Waals surface area contributed by atoms with Gasteiger partial charge < -0.3 is 21.3 Å². The first kappa shape index (κ1) is 27.0. The molecule has 2 unspecified atom stereocenters. The van der Waals surface area contributed by atoms with Crippen LogP contribution in [0, 0.1) is 12.8 Å². The van der Waals surface area contributed by atoms with Crippen molar-refractivity contribution in [2.75, 3.05) is 23.8 Å². The zero-order chi connectivity index (χ0) is 24.8. The molecule has 1 amide bonds. The second-order valence-electron chi connectivity index (χ2n) is 8.47. The molecule has 0 saturated heterocycles. The van der Waals surface area contributed by atoms with Gasteiger partial charge in [0.2, 0.25) is 10.9 Å². The number of thiol groups is 1. The second kappa shape index (κ2) is 11.8. The van der Waals surface area contributed by atoms with Gasteiger partial charge in [0.15, 0.2) is 0 Å². The third kappa shape index (κ3) is 6.43. The second-order valence-corrected chi connectivity index (χ2v) is 10.4. The van der Waals surface area contributed by atoms with Crippen molar-refractivity contribution >= 4 is 50.3 Å². The molecule has 33 heavy (non-hydrogen) atoms. The molecule has 1 aliphatic rings. The van der Waals surface area contributed by atoms with E-state index in [0.717, 1.165) is 39.5 Å². The van der Waals surface area contributed by atoms with E-state index in [1.54, 1.807) is 6.92 Å². The zero-order valence-corrected chi connectivity index (χ0v) is 20.7. The summed E-state index contributed by atoms with van der Waals surface area (Å²) in [6.07, 6.45) is 5.53. The van der Waals surface area contributed by atoms with Crippen LogP contribution < -0.4 is 16.5 Å². The molecule has 0 spiro atoms. The summed E-state index contributed by atoms with van der Waals surface area (Å²) in [5.41, 5.74) is 6.72. The summed E-state index contributed by atoms with van der Waals surface area (Å²) in [6.45, 7) is 4.60. The molecule has 186 valence electrons. The molecule has 1 aliphatic carbocycles. The van der Waals surface area contributed by atoms with Crippen LogP contribution in [0.25, 0.3) is 0 Å². The van der Waals surface area contributed by atoms with E-state index in [1.165, 1.54) is 17.6 Å². The van der Waals surface area contributed by atoms with Gasteiger partial charge in [-0.15, -0.1) is 0 Å². The van der Waals surface area contributed by atoms with Crippen LogP contribution in [0.2, 0.25) is 0 Å². The van der Waals surface area contributed by atoms with Crippen LogP contribution in [0.15, 0.2) is 5.10 Å². The van der Waals surface area contributed by atoms with Crippen LogP contribution >= 0.6 is 11.3 Å². The number of aliphatic carboxylic acids is 1. The summed E-state index contributed by atoms with van der Waals surface area (Å²) in [7, 11) is -3.53. The average Bonchev–Trinajstić information content (AvgIpc) is 3.04. The maximum absolute atomic E-state index is 13.4. The van der Waals surface area contributed by atoms with E-state index in [0.29, 0.717) is 32.8 Å². The van der Waals surface area contributed by atoms with Gasteiger partial charge in [-0.05, 0) is 46.0 Å². The summed E-state index contributed by atoms with van der Waals surface area (Å²) < 4.78 is 24.3. The van der Waals surface area contributed by atoms with Crippen molar-refractivity contribution in [2.24, 2.45) is 16.8 Å². The first-order valence-electron chi connectivity index (χ1n) is 10.8. The Bertz CT molecular complexity index is 951. The van der Waals surface area contributed by atoms with Gasteiger partial charge in [0, 0.05) is 24.9 Å². The molecule has 1 fully saturated rings. The number of carbonyl (C=O) groups is 2. The Morgan fingerprint density at radius 1 is 1.30 bits per heavy atom. The lowest BCUT2D eigenvalue weighted by Gasteiger charge is -2.30. The average molecular weight is 504 g/mol. The molecule has 1 aromatic heterocycles. The van der Waals surface area contributed by atoms with Crippen molar-refractivity contribution in [3.05, 3.63) is 11.1 Å². The van der Waals surface area contributed by atoms with Crippen LogP contribution in [-0.4, -0.2) is 65.8 Å². The van der Waals surface area contributed by atoms with E-state index in [1.807, 2.05) is 0 Å². The number of aliphatic hydroxyl groups is 1. The van der Waals surface area contributed by atoms with E-state index in [9.17, 15) is 28.2 Å². The molecule has 13 heteroatoms. The Labute approximate surface area is 199 Å². The third-order valence-electron chi connectivity index (χ3n) is 5.80. The van der Waals surface area contributed by atoms with Crippen LogP contribution in [-0.2, 0) is 15.7 Å². The van der Waals surface area contributed by atoms with E-state index in [2.05, 4.69) is 15.8 Å². The quantitative estimate of drug-likeness (QED) is 0.149. The lowest BCUT2D eigenvalue weighted by atomic mass is 9.84. The number of amides is 1. The van der Waals surface area contributed by atoms with Gasteiger partial charge >= 0.3 is 5.97 Å². The van der Waals surface area contributed by atoms with Crippen LogP contribution in [0.5, 0.6) is 0 Å². The normalized spacial score (nSPS) is 19.1. The van der Waals surface area contributed by atoms with Crippen LogP contribution in [0.4, 0.5) is 10.0 Å². The number of nitrogens with one attached hydrogen (secondary N) is 2. The molecule has 1 aromatic rings. The number of nitrogens with zero attached hydrogens (tertiary/aromatic N) is 2. The van der Waals surface area contributed by atoms with Gasteiger partial charge in [0.05, 0.1) is 11.7 Å². The molecule has 0 aliphatic heterocycles. The molecule has 1 heterocycles. The maximum Gasteiger partial charge on any atom is 0.330 e. The Morgan fingerprint density at radius 3 is 2.55 bits per heavy atom. The Morgan fingerprint density at radius 2 is 1.97 bits per heavy atom. The summed E-state index contributed by atoms with van der Waals surface area (Å²) in [5, 5.41) is 27.8. The summed E-state index contributed by atoms with van der Waals surface area (Å²) in [6, 6.07) is 0. The molecule has 0 radical (unpaired) electrons.